The predicted octanol–water partition coefficient (Wildman–Crippen LogP) is 2.91. The molecule has 0 spiro atoms. The molecular weight excluding hydrogens is 398 g/mol. The van der Waals surface area contributed by atoms with Crippen LogP contribution in [0.2, 0.25) is 0 Å². The summed E-state index contributed by atoms with van der Waals surface area (Å²) in [6, 6.07) is 9.76. The van der Waals surface area contributed by atoms with Crippen LogP contribution in [0.3, 0.4) is 0 Å². The third-order valence-electron chi connectivity index (χ3n) is 5.45. The van der Waals surface area contributed by atoms with Gasteiger partial charge in [-0.1, -0.05) is 0 Å². The molecule has 31 heavy (non-hydrogen) atoms. The van der Waals surface area contributed by atoms with E-state index in [4.69, 9.17) is 9.47 Å². The molecule has 1 saturated heterocycles. The maximum Gasteiger partial charge on any atom is 0.256 e. The van der Waals surface area contributed by atoms with Crippen LogP contribution in [0.1, 0.15) is 28.8 Å². The number of benzene rings is 2. The monoisotopic (exact) mass is 421 g/mol. The van der Waals surface area contributed by atoms with Gasteiger partial charge in [-0.25, -0.2) is 0 Å². The zero-order chi connectivity index (χ0) is 22.0. The Balaban J connectivity index is 1.51. The minimum absolute atomic E-state index is 0.169. The highest BCUT2D eigenvalue weighted by molar-refractivity contribution is 6.11. The molecular formula is C23H23N3O5. The van der Waals surface area contributed by atoms with Crippen molar-refractivity contribution in [3.05, 3.63) is 53.6 Å². The van der Waals surface area contributed by atoms with Gasteiger partial charge in [-0.2, -0.15) is 0 Å². The first-order chi connectivity index (χ1) is 15.0. The molecule has 8 nitrogen and oxygen atoms in total. The third-order valence-corrected chi connectivity index (χ3v) is 5.45. The summed E-state index contributed by atoms with van der Waals surface area (Å²) < 4.78 is 10.5. The lowest BCUT2D eigenvalue weighted by Crippen LogP contribution is -2.40. The fourth-order valence-corrected chi connectivity index (χ4v) is 3.87. The number of hydrogen-bond acceptors (Lipinski definition) is 5. The average molecular weight is 421 g/mol. The van der Waals surface area contributed by atoms with E-state index in [0.29, 0.717) is 41.4 Å². The molecule has 0 aliphatic carbocycles. The standard InChI is InChI=1S/C23H23N3O5/c1-30-16-8-5-14(20(13-16)31-2)6-10-21(27)24-15-7-9-18-17(12-15)23(29)26-11-3-4-19(26)22(28)25-18/h5-10,12-13,19H,3-4,11H2,1-2H3,(H,24,27)(H,25,28)/t19-/m0/s1. The molecule has 2 aliphatic heterocycles. The van der Waals surface area contributed by atoms with Crippen molar-refractivity contribution < 1.29 is 23.9 Å². The van der Waals surface area contributed by atoms with Crippen LogP contribution in [0.4, 0.5) is 11.4 Å². The predicted molar refractivity (Wildman–Crippen MR) is 116 cm³/mol. The summed E-state index contributed by atoms with van der Waals surface area (Å²) in [6.07, 6.45) is 4.48. The van der Waals surface area contributed by atoms with E-state index in [1.165, 1.54) is 6.08 Å². The molecule has 0 radical (unpaired) electrons. The van der Waals surface area contributed by atoms with E-state index < -0.39 is 6.04 Å². The lowest BCUT2D eigenvalue weighted by atomic mass is 10.1. The fraction of sp³-hybridized carbons (Fsp3) is 0.261. The van der Waals surface area contributed by atoms with Crippen LogP contribution >= 0.6 is 0 Å². The normalized spacial score (nSPS) is 17.6. The van der Waals surface area contributed by atoms with Crippen molar-refractivity contribution in [2.45, 2.75) is 18.9 Å². The van der Waals surface area contributed by atoms with E-state index in [2.05, 4.69) is 10.6 Å². The first-order valence-electron chi connectivity index (χ1n) is 9.97. The van der Waals surface area contributed by atoms with Gasteiger partial charge in [0.05, 0.1) is 25.5 Å². The van der Waals surface area contributed by atoms with Gasteiger partial charge < -0.3 is 25.0 Å². The van der Waals surface area contributed by atoms with Crippen LogP contribution in [-0.2, 0) is 9.59 Å². The van der Waals surface area contributed by atoms with Gasteiger partial charge in [0.25, 0.3) is 5.91 Å². The van der Waals surface area contributed by atoms with Crippen molar-refractivity contribution in [2.24, 2.45) is 0 Å². The second kappa shape index (κ2) is 8.51. The minimum atomic E-state index is -0.430. The number of hydrogen-bond donors (Lipinski definition) is 2. The lowest BCUT2D eigenvalue weighted by Gasteiger charge is -2.20. The summed E-state index contributed by atoms with van der Waals surface area (Å²) >= 11 is 0. The maximum absolute atomic E-state index is 12.9. The molecule has 2 aliphatic rings. The largest absolute Gasteiger partial charge is 0.497 e. The zero-order valence-electron chi connectivity index (χ0n) is 17.3. The summed E-state index contributed by atoms with van der Waals surface area (Å²) in [6.45, 7) is 0.555. The number of anilines is 2. The summed E-state index contributed by atoms with van der Waals surface area (Å²) in [5, 5.41) is 5.58. The number of nitrogens with one attached hydrogen (secondary N) is 2. The van der Waals surface area contributed by atoms with Crippen molar-refractivity contribution in [2.75, 3.05) is 31.4 Å². The van der Waals surface area contributed by atoms with E-state index in [1.807, 2.05) is 0 Å². The number of carbonyl (C=O) groups excluding carboxylic acids is 3. The maximum atomic E-state index is 12.9. The Bertz CT molecular complexity index is 1080. The molecule has 0 aromatic heterocycles. The van der Waals surface area contributed by atoms with Gasteiger partial charge in [0.2, 0.25) is 11.8 Å². The van der Waals surface area contributed by atoms with Gasteiger partial charge in [0.1, 0.15) is 17.5 Å². The molecule has 3 amide bonds. The number of methoxy groups -OCH3 is 2. The van der Waals surface area contributed by atoms with Crippen molar-refractivity contribution >= 4 is 35.2 Å². The van der Waals surface area contributed by atoms with Gasteiger partial charge >= 0.3 is 0 Å². The second-order valence-corrected chi connectivity index (χ2v) is 7.34. The number of ether oxygens (including phenoxy) is 2. The van der Waals surface area contributed by atoms with Crippen LogP contribution in [0.5, 0.6) is 11.5 Å². The molecule has 2 aromatic rings. The average Bonchev–Trinajstić information content (AvgIpc) is 3.25. The Morgan fingerprint density at radius 3 is 2.77 bits per heavy atom. The molecule has 1 fully saturated rings. The molecule has 4 rings (SSSR count). The topological polar surface area (TPSA) is 97.0 Å². The van der Waals surface area contributed by atoms with E-state index >= 15 is 0 Å². The zero-order valence-corrected chi connectivity index (χ0v) is 17.3. The molecule has 2 N–H and O–H groups in total. The van der Waals surface area contributed by atoms with E-state index in [0.717, 1.165) is 12.0 Å². The smallest absolute Gasteiger partial charge is 0.256 e. The number of fused-ring (bicyclic) bond motifs is 2. The molecule has 0 unspecified atom stereocenters. The summed E-state index contributed by atoms with van der Waals surface area (Å²) in [7, 11) is 3.11. The van der Waals surface area contributed by atoms with Crippen LogP contribution in [0.15, 0.2) is 42.5 Å². The Kier molecular flexibility index (Phi) is 5.62. The summed E-state index contributed by atoms with van der Waals surface area (Å²) in [4.78, 5) is 39.3. The SMILES string of the molecule is COc1ccc(C=CC(=O)Nc2ccc3c(c2)C(=O)N2CCC[C@H]2C(=O)N3)c(OC)c1. The Morgan fingerprint density at radius 1 is 1.16 bits per heavy atom. The molecule has 2 aromatic carbocycles. The van der Waals surface area contributed by atoms with Crippen molar-refractivity contribution in [3.63, 3.8) is 0 Å². The van der Waals surface area contributed by atoms with Gasteiger partial charge in [0.15, 0.2) is 0 Å². The quantitative estimate of drug-likeness (QED) is 0.724. The van der Waals surface area contributed by atoms with Crippen molar-refractivity contribution in [1.82, 2.24) is 4.90 Å². The highest BCUT2D eigenvalue weighted by Gasteiger charge is 2.38. The first kappa shape index (κ1) is 20.5. The second-order valence-electron chi connectivity index (χ2n) is 7.34. The number of amides is 3. The van der Waals surface area contributed by atoms with Gasteiger partial charge in [0, 0.05) is 29.9 Å². The first-order valence-corrected chi connectivity index (χ1v) is 9.97. The van der Waals surface area contributed by atoms with Gasteiger partial charge in [-0.05, 0) is 49.2 Å². The molecule has 2 heterocycles. The number of nitrogens with zero attached hydrogens (tertiary/aromatic N) is 1. The summed E-state index contributed by atoms with van der Waals surface area (Å²) in [5.74, 6) is 0.501. The molecule has 8 heteroatoms. The van der Waals surface area contributed by atoms with Crippen LogP contribution in [0.25, 0.3) is 6.08 Å². The van der Waals surface area contributed by atoms with Crippen LogP contribution in [-0.4, -0.2) is 49.4 Å². The highest BCUT2D eigenvalue weighted by Crippen LogP contribution is 2.30. The fourth-order valence-electron chi connectivity index (χ4n) is 3.87. The highest BCUT2D eigenvalue weighted by atomic mass is 16.5. The molecule has 0 bridgehead atoms. The van der Waals surface area contributed by atoms with Crippen LogP contribution in [0, 0.1) is 0 Å². The Labute approximate surface area is 179 Å². The molecule has 160 valence electrons. The van der Waals surface area contributed by atoms with E-state index in [1.54, 1.807) is 61.6 Å². The van der Waals surface area contributed by atoms with Crippen LogP contribution < -0.4 is 20.1 Å². The molecule has 1 atom stereocenters. The Hall–Kier alpha value is -3.81. The number of rotatable bonds is 5. The van der Waals surface area contributed by atoms with Gasteiger partial charge in [-0.15, -0.1) is 0 Å². The number of carbonyl (C=O) groups is 3. The third kappa shape index (κ3) is 4.09. The lowest BCUT2D eigenvalue weighted by molar-refractivity contribution is -0.119. The van der Waals surface area contributed by atoms with E-state index in [-0.39, 0.29) is 17.7 Å². The minimum Gasteiger partial charge on any atom is -0.497 e. The molecule has 0 saturated carbocycles. The Morgan fingerprint density at radius 2 is 2.00 bits per heavy atom. The summed E-state index contributed by atoms with van der Waals surface area (Å²) in [5.41, 5.74) is 2.02. The van der Waals surface area contributed by atoms with Crippen molar-refractivity contribution in [3.8, 4) is 11.5 Å². The van der Waals surface area contributed by atoms with E-state index in [9.17, 15) is 14.4 Å². The van der Waals surface area contributed by atoms with Gasteiger partial charge in [-0.3, -0.25) is 14.4 Å². The van der Waals surface area contributed by atoms with Crippen molar-refractivity contribution in [1.29, 1.82) is 0 Å².